The normalized spacial score (nSPS) is 29.3. The van der Waals surface area contributed by atoms with Gasteiger partial charge < -0.3 is 9.30 Å². The molecule has 3 heterocycles. The van der Waals surface area contributed by atoms with Crippen LogP contribution in [0.2, 0.25) is 0 Å². The third-order valence-corrected chi connectivity index (χ3v) is 3.94. The summed E-state index contributed by atoms with van der Waals surface area (Å²) in [5, 5.41) is 0. The van der Waals surface area contributed by atoms with Crippen LogP contribution in [0.1, 0.15) is 18.7 Å². The number of rotatable bonds is 1. The molecule has 0 saturated carbocycles. The number of ether oxygens (including phenoxy) is 1. The molecule has 96 valence electrons. The minimum absolute atomic E-state index is 0.0937. The van der Waals surface area contributed by atoms with Crippen molar-refractivity contribution >= 4 is 21.7 Å². The molecule has 2 unspecified atom stereocenters. The van der Waals surface area contributed by atoms with Crippen molar-refractivity contribution in [3.63, 3.8) is 0 Å². The Morgan fingerprint density at radius 3 is 2.83 bits per heavy atom. The number of ketones is 1. The summed E-state index contributed by atoms with van der Waals surface area (Å²) in [7, 11) is 1.41. The molecule has 2 aliphatic rings. The number of methoxy groups -OCH3 is 1. The Morgan fingerprint density at radius 1 is 1.56 bits per heavy atom. The lowest BCUT2D eigenvalue weighted by Crippen LogP contribution is -2.59. The second-order valence-corrected chi connectivity index (χ2v) is 5.30. The number of nitrogens with zero attached hydrogens (tertiary/aromatic N) is 1. The average Bonchev–Trinajstić information content (AvgIpc) is 2.31. The van der Waals surface area contributed by atoms with E-state index in [-0.39, 0.29) is 23.5 Å². The summed E-state index contributed by atoms with van der Waals surface area (Å²) < 4.78 is 7.15. The van der Waals surface area contributed by atoms with Crippen LogP contribution in [0.5, 0.6) is 5.75 Å². The van der Waals surface area contributed by atoms with E-state index in [9.17, 15) is 9.59 Å². The van der Waals surface area contributed by atoms with Crippen LogP contribution in [-0.2, 0) is 21.1 Å². The Kier molecular flexibility index (Phi) is 2.42. The first-order valence-corrected chi connectivity index (χ1v) is 6.13. The van der Waals surface area contributed by atoms with Crippen LogP contribution in [0.4, 0.5) is 0 Å². The lowest BCUT2D eigenvalue weighted by Gasteiger charge is -2.47. The lowest BCUT2D eigenvalue weighted by molar-refractivity contribution is -0.497. The molecule has 1 saturated heterocycles. The molecule has 1 fully saturated rings. The highest BCUT2D eigenvalue weighted by Gasteiger charge is 2.59. The van der Waals surface area contributed by atoms with Gasteiger partial charge in [-0.2, -0.15) is 0 Å². The number of fused-ring (bicyclic) bond motifs is 3. The second kappa shape index (κ2) is 3.66. The Labute approximate surface area is 110 Å². The number of carbonyl (C=O) groups excluding carboxylic acids is 1. The van der Waals surface area contributed by atoms with Crippen LogP contribution in [-0.4, -0.2) is 23.1 Å². The molecule has 6 nitrogen and oxygen atoms in total. The van der Waals surface area contributed by atoms with Gasteiger partial charge >= 0.3 is 0 Å². The first-order chi connectivity index (χ1) is 8.49. The topological polar surface area (TPSA) is 66.8 Å². The Balaban J connectivity index is 2.28. The Morgan fingerprint density at radius 2 is 2.28 bits per heavy atom. The van der Waals surface area contributed by atoms with Gasteiger partial charge in [0, 0.05) is 6.20 Å². The zero-order valence-electron chi connectivity index (χ0n) is 9.73. The highest BCUT2D eigenvalue weighted by Crippen LogP contribution is 2.48. The molecule has 1 aromatic heterocycles. The summed E-state index contributed by atoms with van der Waals surface area (Å²) in [6.07, 6.45) is 0.966. The predicted molar refractivity (Wildman–Crippen MR) is 63.3 cm³/mol. The van der Waals surface area contributed by atoms with Crippen LogP contribution in [0.15, 0.2) is 15.5 Å². The fraction of sp³-hybridized carbons (Fsp3) is 0.455. The van der Waals surface area contributed by atoms with E-state index in [4.69, 9.17) is 14.5 Å². The van der Waals surface area contributed by atoms with E-state index in [1.807, 2.05) is 0 Å². The fourth-order valence-electron chi connectivity index (χ4n) is 2.27. The number of aromatic nitrogens is 1. The van der Waals surface area contributed by atoms with Gasteiger partial charge in [-0.25, -0.2) is 9.78 Å². The van der Waals surface area contributed by atoms with Crippen LogP contribution >= 0.6 is 15.9 Å². The highest BCUT2D eigenvalue weighted by molar-refractivity contribution is 9.10. The summed E-state index contributed by atoms with van der Waals surface area (Å²) >= 11 is 3.16. The van der Waals surface area contributed by atoms with Crippen molar-refractivity contribution in [3.05, 3.63) is 26.6 Å². The van der Waals surface area contributed by atoms with E-state index < -0.39 is 11.7 Å². The maximum Gasteiger partial charge on any atom is 0.237 e. The van der Waals surface area contributed by atoms with Gasteiger partial charge in [-0.15, -0.1) is 0 Å². The van der Waals surface area contributed by atoms with E-state index in [0.29, 0.717) is 10.2 Å². The van der Waals surface area contributed by atoms with Crippen LogP contribution < -0.4 is 10.2 Å². The zero-order valence-corrected chi connectivity index (χ0v) is 11.3. The average molecular weight is 316 g/mol. The number of Topliss-reactive ketones (excluding diaryl/α,β-unsaturated/α-hetero) is 1. The lowest BCUT2D eigenvalue weighted by atomic mass is 9.86. The summed E-state index contributed by atoms with van der Waals surface area (Å²) in [5.74, 6) is 0.0836. The monoisotopic (exact) mass is 315 g/mol. The smallest absolute Gasteiger partial charge is 0.237 e. The van der Waals surface area contributed by atoms with Gasteiger partial charge in [0.15, 0.2) is 23.2 Å². The molecule has 0 bridgehead atoms. The Hall–Kier alpha value is -1.18. The highest BCUT2D eigenvalue weighted by atomic mass is 79.9. The molecule has 1 aromatic rings. The number of halogens is 1. The molecule has 3 rings (SSSR count). The van der Waals surface area contributed by atoms with Crippen molar-refractivity contribution < 1.29 is 19.3 Å². The summed E-state index contributed by atoms with van der Waals surface area (Å²) in [6, 6.07) is 0. The van der Waals surface area contributed by atoms with Crippen molar-refractivity contribution in [2.75, 3.05) is 7.11 Å². The first kappa shape index (κ1) is 11.9. The molecule has 2 aliphatic heterocycles. The van der Waals surface area contributed by atoms with Gasteiger partial charge in [0.1, 0.15) is 5.69 Å². The van der Waals surface area contributed by atoms with Gasteiger partial charge in [-0.1, -0.05) is 0 Å². The van der Waals surface area contributed by atoms with Gasteiger partial charge in [0.05, 0.1) is 18.1 Å². The van der Waals surface area contributed by atoms with E-state index in [0.717, 1.165) is 0 Å². The number of carbonyl (C=O) groups is 1. The molecule has 0 amide bonds. The summed E-state index contributed by atoms with van der Waals surface area (Å²) in [6.45, 7) is 1.78. The quantitative estimate of drug-likeness (QED) is 0.722. The molecule has 0 radical (unpaired) electrons. The van der Waals surface area contributed by atoms with Crippen molar-refractivity contribution in [1.29, 1.82) is 0 Å². The van der Waals surface area contributed by atoms with Gasteiger partial charge in [0.2, 0.25) is 5.43 Å². The van der Waals surface area contributed by atoms with Crippen LogP contribution in [0.3, 0.4) is 0 Å². The Bertz CT molecular complexity index is 610. The molecule has 7 heteroatoms. The van der Waals surface area contributed by atoms with E-state index in [1.54, 1.807) is 17.7 Å². The standard InChI is InChI=1S/C11H10BrNO5/c1-11-6(14)4-13-3-5(12)8(15)9(16-2)7(13)10(11)17-18-11/h3,10H,4H2,1-2H3. The minimum Gasteiger partial charge on any atom is -0.491 e. The third kappa shape index (κ3) is 1.29. The molecular formula is C11H10BrNO5. The molecule has 18 heavy (non-hydrogen) atoms. The van der Waals surface area contributed by atoms with Crippen LogP contribution in [0, 0.1) is 0 Å². The van der Waals surface area contributed by atoms with E-state index >= 15 is 0 Å². The molecule has 0 aromatic carbocycles. The molecule has 0 N–H and O–H groups in total. The first-order valence-electron chi connectivity index (χ1n) is 5.33. The van der Waals surface area contributed by atoms with Gasteiger partial charge in [-0.05, 0) is 22.9 Å². The minimum atomic E-state index is -1.02. The van der Waals surface area contributed by atoms with Crippen LogP contribution in [0.25, 0.3) is 0 Å². The third-order valence-electron chi connectivity index (χ3n) is 3.37. The molecular weight excluding hydrogens is 306 g/mol. The largest absolute Gasteiger partial charge is 0.491 e. The van der Waals surface area contributed by atoms with Crippen molar-refractivity contribution in [2.24, 2.45) is 0 Å². The second-order valence-electron chi connectivity index (χ2n) is 4.44. The van der Waals surface area contributed by atoms with E-state index in [2.05, 4.69) is 15.9 Å². The number of hydrogen-bond donors (Lipinski definition) is 0. The van der Waals surface area contributed by atoms with Gasteiger partial charge in [-0.3, -0.25) is 9.59 Å². The molecule has 2 atom stereocenters. The van der Waals surface area contributed by atoms with Crippen molar-refractivity contribution in [2.45, 2.75) is 25.2 Å². The fourth-order valence-corrected chi connectivity index (χ4v) is 2.70. The maximum atomic E-state index is 12.0. The summed E-state index contributed by atoms with van der Waals surface area (Å²) in [5.41, 5.74) is -0.747. The van der Waals surface area contributed by atoms with Gasteiger partial charge in [0.25, 0.3) is 0 Å². The number of pyridine rings is 1. The van der Waals surface area contributed by atoms with E-state index in [1.165, 1.54) is 7.11 Å². The SMILES string of the molecule is COc1c2n(cc(Br)c1=O)CC(=O)C1(C)OOC21. The van der Waals surface area contributed by atoms with Crippen molar-refractivity contribution in [1.82, 2.24) is 4.57 Å². The summed E-state index contributed by atoms with van der Waals surface area (Å²) in [4.78, 5) is 33.9. The zero-order chi connectivity index (χ0) is 13.1. The number of hydrogen-bond acceptors (Lipinski definition) is 5. The molecule has 0 aliphatic carbocycles. The maximum absolute atomic E-state index is 12.0. The predicted octanol–water partition coefficient (Wildman–Crippen LogP) is 0.964. The van der Waals surface area contributed by atoms with Crippen molar-refractivity contribution in [3.8, 4) is 5.75 Å². The molecule has 0 spiro atoms.